The number of ether oxygens (including phenoxy) is 1. The molecule has 1 aliphatic rings. The second-order valence-corrected chi connectivity index (χ2v) is 7.80. The summed E-state index contributed by atoms with van der Waals surface area (Å²) in [5.74, 6) is -1.34. The zero-order valence-corrected chi connectivity index (χ0v) is 18.5. The van der Waals surface area contributed by atoms with E-state index in [-0.39, 0.29) is 11.3 Å². The van der Waals surface area contributed by atoms with Gasteiger partial charge in [0.2, 0.25) is 5.91 Å². The van der Waals surface area contributed by atoms with Crippen LogP contribution in [0.3, 0.4) is 0 Å². The number of halogens is 1. The summed E-state index contributed by atoms with van der Waals surface area (Å²) in [5, 5.41) is 9.99. The predicted molar refractivity (Wildman–Crippen MR) is 124 cm³/mol. The highest BCUT2D eigenvalue weighted by molar-refractivity contribution is 6.38. The molecular formula is C25H19ClN4O3. The second kappa shape index (κ2) is 9.63. The van der Waals surface area contributed by atoms with Crippen molar-refractivity contribution in [1.29, 1.82) is 5.26 Å². The third-order valence-corrected chi connectivity index (χ3v) is 5.34. The molecule has 0 saturated carbocycles. The molecule has 8 heteroatoms. The van der Waals surface area contributed by atoms with E-state index in [9.17, 15) is 14.9 Å². The number of aromatic nitrogens is 2. The summed E-state index contributed by atoms with van der Waals surface area (Å²) in [4.78, 5) is 36.0. The van der Waals surface area contributed by atoms with Gasteiger partial charge >= 0.3 is 0 Å². The van der Waals surface area contributed by atoms with Gasteiger partial charge in [-0.2, -0.15) is 5.26 Å². The molecule has 1 aliphatic heterocycles. The Morgan fingerprint density at radius 2 is 1.91 bits per heavy atom. The number of imide groups is 1. The fraction of sp³-hybridized carbons (Fsp3) is 0.160. The molecule has 3 aromatic rings. The molecule has 1 atom stereocenters. The lowest BCUT2D eigenvalue weighted by Crippen LogP contribution is -2.44. The van der Waals surface area contributed by atoms with E-state index in [1.165, 1.54) is 18.7 Å². The van der Waals surface area contributed by atoms with Crippen molar-refractivity contribution in [2.75, 3.05) is 11.5 Å². The van der Waals surface area contributed by atoms with Crippen molar-refractivity contribution in [1.82, 2.24) is 9.97 Å². The first kappa shape index (κ1) is 22.2. The van der Waals surface area contributed by atoms with Crippen molar-refractivity contribution in [2.24, 2.45) is 0 Å². The summed E-state index contributed by atoms with van der Waals surface area (Å²) in [5.41, 5.74) is 1.81. The van der Waals surface area contributed by atoms with Gasteiger partial charge in [-0.3, -0.25) is 9.59 Å². The van der Waals surface area contributed by atoms with Crippen LogP contribution in [-0.2, 0) is 9.59 Å². The SMILES string of the molecule is CCCOc1cc(Cl)cc(C2C=C(c3ccccc3C#N)C(=O)N(c3cncnc3)C2=O)c1. The summed E-state index contributed by atoms with van der Waals surface area (Å²) in [6.45, 7) is 2.49. The van der Waals surface area contributed by atoms with Crippen LogP contribution in [0.1, 0.15) is 36.0 Å². The molecule has 0 N–H and O–H groups in total. The van der Waals surface area contributed by atoms with Crippen molar-refractivity contribution in [3.63, 3.8) is 0 Å². The van der Waals surface area contributed by atoms with E-state index in [0.29, 0.717) is 34.1 Å². The van der Waals surface area contributed by atoms with Gasteiger partial charge in [0.15, 0.2) is 0 Å². The summed E-state index contributed by atoms with van der Waals surface area (Å²) >= 11 is 6.32. The average molecular weight is 459 g/mol. The number of carbonyl (C=O) groups is 2. The molecule has 164 valence electrons. The van der Waals surface area contributed by atoms with Crippen LogP contribution in [0.4, 0.5) is 5.69 Å². The molecular weight excluding hydrogens is 440 g/mol. The Morgan fingerprint density at radius 3 is 2.64 bits per heavy atom. The highest BCUT2D eigenvalue weighted by Crippen LogP contribution is 2.37. The molecule has 7 nitrogen and oxygen atoms in total. The minimum absolute atomic E-state index is 0.233. The minimum Gasteiger partial charge on any atom is -0.494 e. The van der Waals surface area contributed by atoms with E-state index in [1.807, 2.05) is 6.92 Å². The van der Waals surface area contributed by atoms with Crippen molar-refractivity contribution < 1.29 is 14.3 Å². The van der Waals surface area contributed by atoms with Crippen LogP contribution in [0.5, 0.6) is 5.75 Å². The summed E-state index contributed by atoms with van der Waals surface area (Å²) in [6, 6.07) is 14.0. The zero-order valence-electron chi connectivity index (χ0n) is 17.7. The topological polar surface area (TPSA) is 96.2 Å². The molecule has 0 aliphatic carbocycles. The van der Waals surface area contributed by atoms with Gasteiger partial charge in [-0.05, 0) is 36.2 Å². The molecule has 4 rings (SSSR count). The molecule has 33 heavy (non-hydrogen) atoms. The van der Waals surface area contributed by atoms with Crippen LogP contribution in [-0.4, -0.2) is 28.4 Å². The molecule has 1 unspecified atom stereocenters. The van der Waals surface area contributed by atoms with E-state index >= 15 is 0 Å². The van der Waals surface area contributed by atoms with Gasteiger partial charge < -0.3 is 4.74 Å². The first-order valence-corrected chi connectivity index (χ1v) is 10.7. The molecule has 2 amide bonds. The molecule has 1 aromatic heterocycles. The molecule has 0 radical (unpaired) electrons. The minimum atomic E-state index is -0.840. The smallest absolute Gasteiger partial charge is 0.265 e. The highest BCUT2D eigenvalue weighted by Gasteiger charge is 2.38. The molecule has 0 bridgehead atoms. The molecule has 0 spiro atoms. The maximum absolute atomic E-state index is 13.6. The van der Waals surface area contributed by atoms with Crippen LogP contribution in [0.2, 0.25) is 5.02 Å². The Morgan fingerprint density at radius 1 is 1.15 bits per heavy atom. The number of nitriles is 1. The zero-order chi connectivity index (χ0) is 23.4. The third kappa shape index (κ3) is 4.47. The highest BCUT2D eigenvalue weighted by atomic mass is 35.5. The number of anilines is 1. The fourth-order valence-corrected chi connectivity index (χ4v) is 3.88. The average Bonchev–Trinajstić information content (AvgIpc) is 2.83. The predicted octanol–water partition coefficient (Wildman–Crippen LogP) is 4.53. The number of benzene rings is 2. The number of carbonyl (C=O) groups excluding carboxylic acids is 2. The standard InChI is InChI=1S/C25H19ClN4O3/c1-2-7-33-20-9-17(8-18(26)10-20)22-11-23(21-6-4-3-5-16(21)12-27)25(32)30(24(22)31)19-13-28-15-29-14-19/h3-6,8-11,13-15,22H,2,7H2,1H3. The van der Waals surface area contributed by atoms with Crippen molar-refractivity contribution in [3.05, 3.63) is 89.0 Å². The number of hydrogen-bond acceptors (Lipinski definition) is 6. The second-order valence-electron chi connectivity index (χ2n) is 7.36. The lowest BCUT2D eigenvalue weighted by Gasteiger charge is -2.30. The monoisotopic (exact) mass is 458 g/mol. The third-order valence-electron chi connectivity index (χ3n) is 5.12. The quantitative estimate of drug-likeness (QED) is 0.503. The Balaban J connectivity index is 1.89. The normalized spacial score (nSPS) is 15.7. The van der Waals surface area contributed by atoms with Crippen LogP contribution in [0, 0.1) is 11.3 Å². The van der Waals surface area contributed by atoms with E-state index in [0.717, 1.165) is 11.3 Å². The van der Waals surface area contributed by atoms with Crippen LogP contribution >= 0.6 is 11.6 Å². The van der Waals surface area contributed by atoms with Gasteiger partial charge in [0.05, 0.1) is 42.2 Å². The van der Waals surface area contributed by atoms with E-state index in [2.05, 4.69) is 16.0 Å². The molecule has 2 heterocycles. The van der Waals surface area contributed by atoms with Crippen molar-refractivity contribution in [2.45, 2.75) is 19.3 Å². The Labute approximate surface area is 195 Å². The van der Waals surface area contributed by atoms with Crippen molar-refractivity contribution >= 4 is 34.7 Å². The number of amides is 2. The fourth-order valence-electron chi connectivity index (χ4n) is 3.65. The number of hydrogen-bond donors (Lipinski definition) is 0. The lowest BCUT2D eigenvalue weighted by molar-refractivity contribution is -0.124. The van der Waals surface area contributed by atoms with Crippen LogP contribution < -0.4 is 9.64 Å². The van der Waals surface area contributed by atoms with E-state index in [4.69, 9.17) is 16.3 Å². The number of nitrogens with zero attached hydrogens (tertiary/aromatic N) is 4. The summed E-state index contributed by atoms with van der Waals surface area (Å²) in [7, 11) is 0. The molecule has 0 saturated heterocycles. The van der Waals surface area contributed by atoms with Gasteiger partial charge in [-0.15, -0.1) is 0 Å². The van der Waals surface area contributed by atoms with Crippen LogP contribution in [0.25, 0.3) is 5.57 Å². The van der Waals surface area contributed by atoms with Gasteiger partial charge in [-0.25, -0.2) is 14.9 Å². The van der Waals surface area contributed by atoms with Crippen LogP contribution in [0.15, 0.2) is 67.3 Å². The van der Waals surface area contributed by atoms with E-state index in [1.54, 1.807) is 48.5 Å². The van der Waals surface area contributed by atoms with Gasteiger partial charge in [0, 0.05) is 16.2 Å². The first-order valence-electron chi connectivity index (χ1n) is 10.3. The summed E-state index contributed by atoms with van der Waals surface area (Å²) in [6.07, 6.45) is 6.50. The summed E-state index contributed by atoms with van der Waals surface area (Å²) < 4.78 is 5.72. The maximum atomic E-state index is 13.6. The van der Waals surface area contributed by atoms with Crippen molar-refractivity contribution in [3.8, 4) is 11.8 Å². The van der Waals surface area contributed by atoms with Gasteiger partial charge in [-0.1, -0.05) is 42.8 Å². The van der Waals surface area contributed by atoms with Gasteiger partial charge in [0.1, 0.15) is 12.1 Å². The van der Waals surface area contributed by atoms with Gasteiger partial charge in [0.25, 0.3) is 5.91 Å². The maximum Gasteiger partial charge on any atom is 0.265 e. The Kier molecular flexibility index (Phi) is 6.48. The van der Waals surface area contributed by atoms with E-state index < -0.39 is 17.7 Å². The molecule has 2 aromatic carbocycles. The Bertz CT molecular complexity index is 1280. The lowest BCUT2D eigenvalue weighted by atomic mass is 9.87. The Hall–Kier alpha value is -4.02. The first-order chi connectivity index (χ1) is 16.0. The molecule has 0 fully saturated rings. The number of rotatable bonds is 6. The largest absolute Gasteiger partial charge is 0.494 e.